The van der Waals surface area contributed by atoms with Crippen LogP contribution in [0.2, 0.25) is 0 Å². The van der Waals surface area contributed by atoms with Crippen LogP contribution < -0.4 is 4.90 Å². The quantitative estimate of drug-likeness (QED) is 0.509. The fraction of sp³-hybridized carbons (Fsp3) is 0.263. The van der Waals surface area contributed by atoms with Crippen molar-refractivity contribution in [1.29, 1.82) is 0 Å². The van der Waals surface area contributed by atoms with E-state index in [1.54, 1.807) is 31.5 Å². The molecule has 28 heavy (non-hydrogen) atoms. The Kier molecular flexibility index (Phi) is 4.14. The molecule has 1 aromatic carbocycles. The fourth-order valence-electron chi connectivity index (χ4n) is 3.36. The molecule has 0 saturated carbocycles. The molecule has 1 aliphatic heterocycles. The van der Waals surface area contributed by atoms with Gasteiger partial charge in [0.05, 0.1) is 17.0 Å². The SMILES string of the molecule is Cc1cc2c(cc1[N+](=O)[O-])C(=O)N(c1cccc(-c3nncn3C(C)C)n1)C2. The summed E-state index contributed by atoms with van der Waals surface area (Å²) in [7, 11) is 0. The Morgan fingerprint density at radius 3 is 2.75 bits per heavy atom. The zero-order valence-electron chi connectivity index (χ0n) is 15.7. The van der Waals surface area contributed by atoms with Crippen molar-refractivity contribution in [2.75, 3.05) is 4.90 Å². The second-order valence-corrected chi connectivity index (χ2v) is 6.98. The van der Waals surface area contributed by atoms with Crippen molar-refractivity contribution in [2.45, 2.75) is 33.4 Å². The van der Waals surface area contributed by atoms with Crippen molar-refractivity contribution >= 4 is 17.4 Å². The van der Waals surface area contributed by atoms with Crippen LogP contribution in [0.3, 0.4) is 0 Å². The highest BCUT2D eigenvalue weighted by Gasteiger charge is 2.32. The Morgan fingerprint density at radius 1 is 1.25 bits per heavy atom. The number of hydrogen-bond donors (Lipinski definition) is 0. The number of pyridine rings is 1. The van der Waals surface area contributed by atoms with Crippen LogP contribution in [0.25, 0.3) is 11.5 Å². The van der Waals surface area contributed by atoms with E-state index < -0.39 is 4.92 Å². The number of hydrogen-bond acceptors (Lipinski definition) is 6. The minimum atomic E-state index is -0.469. The number of aryl methyl sites for hydroxylation is 1. The van der Waals surface area contributed by atoms with Gasteiger partial charge >= 0.3 is 0 Å². The second kappa shape index (κ2) is 6.52. The molecule has 9 nitrogen and oxygen atoms in total. The topological polar surface area (TPSA) is 107 Å². The van der Waals surface area contributed by atoms with Gasteiger partial charge in [0.2, 0.25) is 0 Å². The van der Waals surface area contributed by atoms with E-state index in [0.29, 0.717) is 35.0 Å². The van der Waals surface area contributed by atoms with Crippen molar-refractivity contribution in [3.63, 3.8) is 0 Å². The number of nitrogens with zero attached hydrogens (tertiary/aromatic N) is 6. The fourth-order valence-corrected chi connectivity index (χ4v) is 3.36. The summed E-state index contributed by atoms with van der Waals surface area (Å²) in [5, 5.41) is 19.3. The molecule has 3 heterocycles. The van der Waals surface area contributed by atoms with Crippen LogP contribution in [0.4, 0.5) is 11.5 Å². The van der Waals surface area contributed by atoms with Gasteiger partial charge < -0.3 is 4.57 Å². The summed E-state index contributed by atoms with van der Waals surface area (Å²) in [5.74, 6) is 0.790. The van der Waals surface area contributed by atoms with Crippen LogP contribution in [-0.4, -0.2) is 30.6 Å². The van der Waals surface area contributed by atoms with Crippen molar-refractivity contribution in [2.24, 2.45) is 0 Å². The summed E-state index contributed by atoms with van der Waals surface area (Å²) in [6.45, 7) is 6.03. The monoisotopic (exact) mass is 378 g/mol. The van der Waals surface area contributed by atoms with Crippen LogP contribution in [-0.2, 0) is 6.54 Å². The molecule has 0 atom stereocenters. The van der Waals surface area contributed by atoms with Gasteiger partial charge in [-0.2, -0.15) is 0 Å². The zero-order chi connectivity index (χ0) is 20.0. The van der Waals surface area contributed by atoms with Crippen LogP contribution in [0, 0.1) is 17.0 Å². The van der Waals surface area contributed by atoms with Crippen molar-refractivity contribution in [3.8, 4) is 11.5 Å². The van der Waals surface area contributed by atoms with Gasteiger partial charge in [0.15, 0.2) is 5.82 Å². The molecule has 1 aliphatic rings. The molecule has 0 saturated heterocycles. The third kappa shape index (κ3) is 2.81. The Morgan fingerprint density at radius 2 is 2.04 bits per heavy atom. The van der Waals surface area contributed by atoms with Crippen LogP contribution in [0.15, 0.2) is 36.7 Å². The predicted molar refractivity (Wildman–Crippen MR) is 102 cm³/mol. The van der Waals surface area contributed by atoms with Gasteiger partial charge in [-0.15, -0.1) is 10.2 Å². The molecule has 9 heteroatoms. The van der Waals surface area contributed by atoms with Gasteiger partial charge in [0, 0.05) is 17.7 Å². The Labute approximate surface area is 160 Å². The van der Waals surface area contributed by atoms with E-state index >= 15 is 0 Å². The smallest absolute Gasteiger partial charge is 0.273 e. The first-order chi connectivity index (χ1) is 13.4. The third-order valence-electron chi connectivity index (χ3n) is 4.79. The maximum atomic E-state index is 12.9. The van der Waals surface area contributed by atoms with Gasteiger partial charge in [0.1, 0.15) is 17.8 Å². The van der Waals surface area contributed by atoms with Crippen molar-refractivity contribution < 1.29 is 9.72 Å². The first-order valence-electron chi connectivity index (χ1n) is 8.83. The molecule has 1 amide bonds. The number of carbonyl (C=O) groups excluding carboxylic acids is 1. The molecule has 0 radical (unpaired) electrons. The number of rotatable bonds is 4. The summed E-state index contributed by atoms with van der Waals surface area (Å²) in [4.78, 5) is 29.7. The average molecular weight is 378 g/mol. The molecule has 0 fully saturated rings. The van der Waals surface area contributed by atoms with E-state index in [4.69, 9.17) is 0 Å². The van der Waals surface area contributed by atoms with Crippen LogP contribution in [0.5, 0.6) is 0 Å². The number of nitro benzene ring substituents is 1. The van der Waals surface area contributed by atoms with Gasteiger partial charge in [0.25, 0.3) is 11.6 Å². The minimum Gasteiger partial charge on any atom is -0.310 e. The lowest BCUT2D eigenvalue weighted by Gasteiger charge is -2.16. The summed E-state index contributed by atoms with van der Waals surface area (Å²) >= 11 is 0. The number of carbonyl (C=O) groups is 1. The molecule has 0 unspecified atom stereocenters. The van der Waals surface area contributed by atoms with Gasteiger partial charge in [-0.1, -0.05) is 6.07 Å². The highest BCUT2D eigenvalue weighted by Crippen LogP contribution is 2.32. The zero-order valence-corrected chi connectivity index (χ0v) is 15.7. The number of fused-ring (bicyclic) bond motifs is 1. The normalized spacial score (nSPS) is 13.3. The van der Waals surface area contributed by atoms with Gasteiger partial charge in [-0.3, -0.25) is 19.8 Å². The lowest BCUT2D eigenvalue weighted by atomic mass is 10.1. The van der Waals surface area contributed by atoms with E-state index in [9.17, 15) is 14.9 Å². The number of benzene rings is 1. The minimum absolute atomic E-state index is 0.0549. The molecular formula is C19H18N6O3. The number of aromatic nitrogens is 4. The van der Waals surface area contributed by atoms with E-state index in [1.807, 2.05) is 24.5 Å². The summed E-state index contributed by atoms with van der Waals surface area (Å²) in [5.41, 5.74) is 2.18. The average Bonchev–Trinajstić information content (AvgIpc) is 3.26. The lowest BCUT2D eigenvalue weighted by Crippen LogP contribution is -2.24. The van der Waals surface area contributed by atoms with Gasteiger partial charge in [-0.05, 0) is 44.5 Å². The highest BCUT2D eigenvalue weighted by molar-refractivity contribution is 6.10. The maximum Gasteiger partial charge on any atom is 0.273 e. The first-order valence-corrected chi connectivity index (χ1v) is 8.83. The Hall–Kier alpha value is -3.62. The molecule has 4 rings (SSSR count). The summed E-state index contributed by atoms with van der Waals surface area (Å²) < 4.78 is 1.90. The molecule has 2 aromatic heterocycles. The number of amides is 1. The molecule has 142 valence electrons. The Balaban J connectivity index is 1.72. The standard InChI is InChI=1S/C19H18N6O3/c1-11(2)24-10-20-22-18(24)15-5-4-6-17(21-15)23-9-13-7-12(3)16(25(27)28)8-14(13)19(23)26/h4-8,10-11H,9H2,1-3H3. The molecule has 0 aliphatic carbocycles. The van der Waals surface area contributed by atoms with Crippen LogP contribution in [0.1, 0.15) is 41.4 Å². The summed E-state index contributed by atoms with van der Waals surface area (Å²) in [6, 6.07) is 8.58. The summed E-state index contributed by atoms with van der Waals surface area (Å²) in [6.07, 6.45) is 1.65. The van der Waals surface area contributed by atoms with Crippen molar-refractivity contribution in [3.05, 3.63) is 63.5 Å². The van der Waals surface area contributed by atoms with Crippen molar-refractivity contribution in [1.82, 2.24) is 19.7 Å². The largest absolute Gasteiger partial charge is 0.310 e. The highest BCUT2D eigenvalue weighted by atomic mass is 16.6. The molecule has 0 bridgehead atoms. The Bertz CT molecular complexity index is 1100. The molecular weight excluding hydrogens is 360 g/mol. The van der Waals surface area contributed by atoms with Gasteiger partial charge in [-0.25, -0.2) is 4.98 Å². The number of nitro groups is 1. The molecule has 3 aromatic rings. The van der Waals surface area contributed by atoms with Crippen LogP contribution >= 0.6 is 0 Å². The molecule has 0 N–H and O–H groups in total. The predicted octanol–water partition coefficient (Wildman–Crippen LogP) is 3.30. The van der Waals surface area contributed by atoms with E-state index in [1.165, 1.54) is 11.0 Å². The second-order valence-electron chi connectivity index (χ2n) is 6.98. The molecule has 0 spiro atoms. The number of anilines is 1. The lowest BCUT2D eigenvalue weighted by molar-refractivity contribution is -0.385. The maximum absolute atomic E-state index is 12.9. The van der Waals surface area contributed by atoms with E-state index in [2.05, 4.69) is 15.2 Å². The van der Waals surface area contributed by atoms with E-state index in [0.717, 1.165) is 5.56 Å². The first kappa shape index (κ1) is 17.8. The third-order valence-corrected chi connectivity index (χ3v) is 4.79. The van der Waals surface area contributed by atoms with E-state index in [-0.39, 0.29) is 17.6 Å².